The maximum atomic E-state index is 12.0. The maximum absolute atomic E-state index is 12.0. The molecular formula is C15H13ClN4OS. The molecule has 0 radical (unpaired) electrons. The fourth-order valence-electron chi connectivity index (χ4n) is 1.97. The number of rotatable bonds is 4. The first-order valence-electron chi connectivity index (χ1n) is 6.60. The lowest BCUT2D eigenvalue weighted by molar-refractivity contribution is 0.0942. The molecule has 0 atom stereocenters. The average Bonchev–Trinajstić information content (AvgIpc) is 3.14. The number of hydrogen-bond donors (Lipinski definition) is 1. The third-order valence-corrected chi connectivity index (χ3v) is 4.42. The molecular weight excluding hydrogens is 320 g/mol. The van der Waals surface area contributed by atoms with Gasteiger partial charge in [-0.25, -0.2) is 4.98 Å². The predicted molar refractivity (Wildman–Crippen MR) is 86.9 cm³/mol. The third-order valence-electron chi connectivity index (χ3n) is 3.12. The minimum atomic E-state index is -0.151. The standard InChI is InChI=1S/C15H13ClN4OS/c1-20-13(6-7-19-20)14(21)17-8-12-9-18-15(22-12)10-2-4-11(16)5-3-10/h2-7,9H,8H2,1H3,(H,17,21). The van der Waals surface area contributed by atoms with Crippen LogP contribution in [0.15, 0.2) is 42.7 Å². The number of carbonyl (C=O) groups excluding carboxylic acids is 1. The first-order chi connectivity index (χ1) is 10.6. The molecule has 0 aliphatic rings. The molecule has 3 rings (SSSR count). The second-order valence-corrected chi connectivity index (χ2v) is 6.21. The van der Waals surface area contributed by atoms with Crippen LogP contribution in [0.25, 0.3) is 10.6 Å². The van der Waals surface area contributed by atoms with E-state index in [2.05, 4.69) is 15.4 Å². The van der Waals surface area contributed by atoms with E-state index in [0.29, 0.717) is 17.3 Å². The van der Waals surface area contributed by atoms with Crippen molar-refractivity contribution in [2.45, 2.75) is 6.54 Å². The van der Waals surface area contributed by atoms with Crippen molar-refractivity contribution in [3.05, 3.63) is 58.3 Å². The van der Waals surface area contributed by atoms with Gasteiger partial charge < -0.3 is 5.32 Å². The van der Waals surface area contributed by atoms with Gasteiger partial charge in [0.25, 0.3) is 5.91 Å². The smallest absolute Gasteiger partial charge is 0.269 e. The van der Waals surface area contributed by atoms with E-state index in [1.165, 1.54) is 0 Å². The number of nitrogens with zero attached hydrogens (tertiary/aromatic N) is 3. The van der Waals surface area contributed by atoms with Gasteiger partial charge in [0.05, 0.1) is 6.54 Å². The Balaban J connectivity index is 1.66. The van der Waals surface area contributed by atoms with Crippen molar-refractivity contribution in [2.24, 2.45) is 7.05 Å². The molecule has 0 saturated heterocycles. The zero-order valence-corrected chi connectivity index (χ0v) is 13.4. The maximum Gasteiger partial charge on any atom is 0.269 e. The van der Waals surface area contributed by atoms with Crippen LogP contribution in [0, 0.1) is 0 Å². The molecule has 112 valence electrons. The predicted octanol–water partition coefficient (Wildman–Crippen LogP) is 3.13. The largest absolute Gasteiger partial charge is 0.346 e. The number of hydrogen-bond acceptors (Lipinski definition) is 4. The van der Waals surface area contributed by atoms with Gasteiger partial charge in [0.15, 0.2) is 0 Å². The number of halogens is 1. The lowest BCUT2D eigenvalue weighted by Gasteiger charge is -2.03. The summed E-state index contributed by atoms with van der Waals surface area (Å²) in [7, 11) is 1.74. The molecule has 0 spiro atoms. The summed E-state index contributed by atoms with van der Waals surface area (Å²) in [6, 6.07) is 9.21. The summed E-state index contributed by atoms with van der Waals surface area (Å²) in [6.45, 7) is 0.440. The molecule has 5 nitrogen and oxygen atoms in total. The minimum absolute atomic E-state index is 0.151. The van der Waals surface area contributed by atoms with Crippen molar-refractivity contribution < 1.29 is 4.79 Å². The fourth-order valence-corrected chi connectivity index (χ4v) is 2.95. The van der Waals surface area contributed by atoms with Crippen LogP contribution in [0.1, 0.15) is 15.4 Å². The second-order valence-electron chi connectivity index (χ2n) is 4.66. The number of amides is 1. The Hall–Kier alpha value is -2.18. The number of nitrogens with one attached hydrogen (secondary N) is 1. The lowest BCUT2D eigenvalue weighted by atomic mass is 10.2. The van der Waals surface area contributed by atoms with Crippen LogP contribution >= 0.6 is 22.9 Å². The van der Waals surface area contributed by atoms with E-state index < -0.39 is 0 Å². The van der Waals surface area contributed by atoms with E-state index in [1.807, 2.05) is 24.3 Å². The highest BCUT2D eigenvalue weighted by Gasteiger charge is 2.10. The molecule has 1 N–H and O–H groups in total. The summed E-state index contributed by atoms with van der Waals surface area (Å²) in [5.74, 6) is -0.151. The van der Waals surface area contributed by atoms with E-state index in [9.17, 15) is 4.79 Å². The molecule has 7 heteroatoms. The highest BCUT2D eigenvalue weighted by Crippen LogP contribution is 2.26. The van der Waals surface area contributed by atoms with Crippen molar-refractivity contribution >= 4 is 28.8 Å². The Labute approximate surface area is 136 Å². The van der Waals surface area contributed by atoms with Crippen LogP contribution in [-0.2, 0) is 13.6 Å². The van der Waals surface area contributed by atoms with Crippen LogP contribution < -0.4 is 5.32 Å². The zero-order valence-electron chi connectivity index (χ0n) is 11.8. The van der Waals surface area contributed by atoms with E-state index in [4.69, 9.17) is 11.6 Å². The Morgan fingerprint density at radius 2 is 2.09 bits per heavy atom. The molecule has 3 aromatic rings. The van der Waals surface area contributed by atoms with Gasteiger partial charge in [-0.15, -0.1) is 11.3 Å². The van der Waals surface area contributed by atoms with Gasteiger partial charge >= 0.3 is 0 Å². The van der Waals surface area contributed by atoms with Crippen molar-refractivity contribution in [3.8, 4) is 10.6 Å². The van der Waals surface area contributed by atoms with E-state index in [0.717, 1.165) is 15.4 Å². The van der Waals surface area contributed by atoms with Gasteiger partial charge in [0.1, 0.15) is 10.7 Å². The normalized spacial score (nSPS) is 10.6. The number of aryl methyl sites for hydroxylation is 1. The van der Waals surface area contributed by atoms with Crippen molar-refractivity contribution in [1.82, 2.24) is 20.1 Å². The topological polar surface area (TPSA) is 59.8 Å². The molecule has 1 amide bonds. The van der Waals surface area contributed by atoms with Gasteiger partial charge in [0, 0.05) is 34.9 Å². The molecule has 0 aliphatic heterocycles. The fraction of sp³-hybridized carbons (Fsp3) is 0.133. The number of thiazole rings is 1. The summed E-state index contributed by atoms with van der Waals surface area (Å²) in [5.41, 5.74) is 1.54. The monoisotopic (exact) mass is 332 g/mol. The van der Waals surface area contributed by atoms with Crippen LogP contribution in [0.3, 0.4) is 0 Å². The van der Waals surface area contributed by atoms with Crippen molar-refractivity contribution in [1.29, 1.82) is 0 Å². The summed E-state index contributed by atoms with van der Waals surface area (Å²) in [5, 5.41) is 8.45. The molecule has 1 aromatic carbocycles. The average molecular weight is 333 g/mol. The summed E-state index contributed by atoms with van der Waals surface area (Å²) in [6.07, 6.45) is 3.37. The van der Waals surface area contributed by atoms with Gasteiger partial charge in [-0.2, -0.15) is 5.10 Å². The van der Waals surface area contributed by atoms with E-state index in [1.54, 1.807) is 41.5 Å². The Kier molecular flexibility index (Phi) is 4.22. The Bertz CT molecular complexity index is 794. The molecule has 0 bridgehead atoms. The zero-order chi connectivity index (χ0) is 15.5. The van der Waals surface area contributed by atoms with E-state index >= 15 is 0 Å². The number of aromatic nitrogens is 3. The molecule has 0 aliphatic carbocycles. The molecule has 0 fully saturated rings. The molecule has 0 unspecified atom stereocenters. The Morgan fingerprint density at radius 1 is 1.32 bits per heavy atom. The van der Waals surface area contributed by atoms with Gasteiger partial charge in [0.2, 0.25) is 0 Å². The highest BCUT2D eigenvalue weighted by molar-refractivity contribution is 7.15. The summed E-state index contributed by atoms with van der Waals surface area (Å²) < 4.78 is 1.54. The second kappa shape index (κ2) is 6.29. The van der Waals surface area contributed by atoms with Crippen LogP contribution in [0.5, 0.6) is 0 Å². The number of benzene rings is 1. The quantitative estimate of drug-likeness (QED) is 0.798. The third kappa shape index (κ3) is 3.18. The molecule has 2 aromatic heterocycles. The van der Waals surface area contributed by atoms with Gasteiger partial charge in [-0.05, 0) is 18.2 Å². The first-order valence-corrected chi connectivity index (χ1v) is 7.80. The van der Waals surface area contributed by atoms with Crippen LogP contribution in [-0.4, -0.2) is 20.7 Å². The summed E-state index contributed by atoms with van der Waals surface area (Å²) >= 11 is 7.42. The molecule has 2 heterocycles. The van der Waals surface area contributed by atoms with E-state index in [-0.39, 0.29) is 5.91 Å². The van der Waals surface area contributed by atoms with Crippen molar-refractivity contribution in [3.63, 3.8) is 0 Å². The first kappa shape index (κ1) is 14.7. The van der Waals surface area contributed by atoms with Crippen LogP contribution in [0.2, 0.25) is 5.02 Å². The van der Waals surface area contributed by atoms with Crippen molar-refractivity contribution in [2.75, 3.05) is 0 Å². The SMILES string of the molecule is Cn1nccc1C(=O)NCc1cnc(-c2ccc(Cl)cc2)s1. The van der Waals surface area contributed by atoms with Crippen LogP contribution in [0.4, 0.5) is 0 Å². The molecule has 0 saturated carbocycles. The number of carbonyl (C=O) groups is 1. The highest BCUT2D eigenvalue weighted by atomic mass is 35.5. The molecule has 22 heavy (non-hydrogen) atoms. The lowest BCUT2D eigenvalue weighted by Crippen LogP contribution is -2.24. The van der Waals surface area contributed by atoms with Gasteiger partial charge in [-0.1, -0.05) is 23.7 Å². The Morgan fingerprint density at radius 3 is 2.77 bits per heavy atom. The summed E-state index contributed by atoms with van der Waals surface area (Å²) in [4.78, 5) is 17.4. The minimum Gasteiger partial charge on any atom is -0.346 e. The van der Waals surface area contributed by atoms with Gasteiger partial charge in [-0.3, -0.25) is 9.48 Å².